The highest BCUT2D eigenvalue weighted by atomic mass is 32.2. The van der Waals surface area contributed by atoms with Gasteiger partial charge in [-0.2, -0.15) is 8.42 Å². The molecule has 0 atom stereocenters. The van der Waals surface area contributed by atoms with E-state index in [0.717, 1.165) is 5.56 Å². The number of hydrogen-bond acceptors (Lipinski definition) is 6. The third-order valence-electron chi connectivity index (χ3n) is 2.41. The Labute approximate surface area is 110 Å². The zero-order chi connectivity index (χ0) is 13.9. The summed E-state index contributed by atoms with van der Waals surface area (Å²) in [5.74, 6) is -0.319. The van der Waals surface area contributed by atoms with Crippen molar-refractivity contribution in [2.45, 2.75) is 18.4 Å². The highest BCUT2D eigenvalue weighted by Gasteiger charge is 2.19. The van der Waals surface area contributed by atoms with Gasteiger partial charge in [-0.1, -0.05) is 11.3 Å². The summed E-state index contributed by atoms with van der Waals surface area (Å²) in [6.45, 7) is 1.92. The molecule has 0 spiro atoms. The molecule has 102 valence electrons. The average Bonchev–Trinajstić information content (AvgIpc) is 2.81. The molecular formula is C11H13N3O4S. The van der Waals surface area contributed by atoms with Gasteiger partial charge in [-0.05, 0) is 24.6 Å². The molecule has 1 heterocycles. The Morgan fingerprint density at radius 1 is 1.42 bits per heavy atom. The average molecular weight is 283 g/mol. The monoisotopic (exact) mass is 283 g/mol. The second-order valence-electron chi connectivity index (χ2n) is 3.91. The normalized spacial score (nSPS) is 11.6. The fourth-order valence-electron chi connectivity index (χ4n) is 1.49. The van der Waals surface area contributed by atoms with E-state index in [1.54, 1.807) is 19.2 Å². The Hall–Kier alpha value is -1.93. The van der Waals surface area contributed by atoms with Crippen molar-refractivity contribution in [3.8, 4) is 5.75 Å². The molecule has 0 radical (unpaired) electrons. The molecule has 0 saturated carbocycles. The molecule has 1 aromatic carbocycles. The molecular weight excluding hydrogens is 270 g/mol. The van der Waals surface area contributed by atoms with Gasteiger partial charge in [0, 0.05) is 6.20 Å². The third kappa shape index (κ3) is 3.30. The van der Waals surface area contributed by atoms with Crippen LogP contribution in [-0.2, 0) is 20.8 Å². The Bertz CT molecular complexity index is 653. The molecule has 7 nitrogen and oxygen atoms in total. The summed E-state index contributed by atoms with van der Waals surface area (Å²) in [6.07, 6.45) is 3.08. The SMILES string of the molecule is Cc1ccc(S(=O)(=O)OCCn2ccnn2)c(O)c1. The molecule has 2 aromatic rings. The lowest BCUT2D eigenvalue weighted by atomic mass is 10.2. The molecule has 0 amide bonds. The Kier molecular flexibility index (Phi) is 3.82. The first-order chi connectivity index (χ1) is 8.99. The van der Waals surface area contributed by atoms with Gasteiger partial charge in [-0.15, -0.1) is 5.10 Å². The van der Waals surface area contributed by atoms with Gasteiger partial charge >= 0.3 is 10.1 Å². The molecule has 0 aliphatic rings. The van der Waals surface area contributed by atoms with E-state index in [9.17, 15) is 13.5 Å². The van der Waals surface area contributed by atoms with Crippen LogP contribution >= 0.6 is 0 Å². The van der Waals surface area contributed by atoms with Crippen LogP contribution in [0.25, 0.3) is 0 Å². The fraction of sp³-hybridized carbons (Fsp3) is 0.273. The van der Waals surface area contributed by atoms with Gasteiger partial charge in [-0.3, -0.25) is 8.86 Å². The highest BCUT2D eigenvalue weighted by Crippen LogP contribution is 2.25. The van der Waals surface area contributed by atoms with E-state index >= 15 is 0 Å². The van der Waals surface area contributed by atoms with E-state index in [2.05, 4.69) is 10.3 Å². The van der Waals surface area contributed by atoms with Crippen LogP contribution in [0.5, 0.6) is 5.75 Å². The lowest BCUT2D eigenvalue weighted by Crippen LogP contribution is -2.12. The molecule has 0 bridgehead atoms. The van der Waals surface area contributed by atoms with Crippen LogP contribution in [0.1, 0.15) is 5.56 Å². The molecule has 0 aliphatic carbocycles. The summed E-state index contributed by atoms with van der Waals surface area (Å²) >= 11 is 0. The number of nitrogens with zero attached hydrogens (tertiary/aromatic N) is 3. The van der Waals surface area contributed by atoms with Gasteiger partial charge in [0.1, 0.15) is 10.6 Å². The number of phenols is 1. The van der Waals surface area contributed by atoms with Gasteiger partial charge in [-0.25, -0.2) is 0 Å². The minimum Gasteiger partial charge on any atom is -0.506 e. The van der Waals surface area contributed by atoms with Gasteiger partial charge in [0.15, 0.2) is 0 Å². The summed E-state index contributed by atoms with van der Waals surface area (Å²) < 4.78 is 30.0. The summed E-state index contributed by atoms with van der Waals surface area (Å²) in [5.41, 5.74) is 0.763. The summed E-state index contributed by atoms with van der Waals surface area (Å²) in [6, 6.07) is 4.27. The molecule has 0 fully saturated rings. The van der Waals surface area contributed by atoms with Crippen molar-refractivity contribution in [2.75, 3.05) is 6.61 Å². The lowest BCUT2D eigenvalue weighted by molar-refractivity contribution is 0.291. The van der Waals surface area contributed by atoms with Gasteiger partial charge in [0.2, 0.25) is 0 Å². The predicted molar refractivity (Wildman–Crippen MR) is 66.0 cm³/mol. The van der Waals surface area contributed by atoms with Crippen molar-refractivity contribution in [1.82, 2.24) is 15.0 Å². The Morgan fingerprint density at radius 2 is 2.21 bits per heavy atom. The van der Waals surface area contributed by atoms with Crippen molar-refractivity contribution in [3.63, 3.8) is 0 Å². The minimum absolute atomic E-state index is 0.0843. The van der Waals surface area contributed by atoms with E-state index in [4.69, 9.17) is 4.18 Å². The number of benzene rings is 1. The number of aromatic hydroxyl groups is 1. The molecule has 1 N–H and O–H groups in total. The fourth-order valence-corrected chi connectivity index (χ4v) is 2.47. The lowest BCUT2D eigenvalue weighted by Gasteiger charge is -2.07. The van der Waals surface area contributed by atoms with E-state index in [1.807, 2.05) is 0 Å². The quantitative estimate of drug-likeness (QED) is 0.812. The molecule has 8 heteroatoms. The van der Waals surface area contributed by atoms with Crippen molar-refractivity contribution in [3.05, 3.63) is 36.2 Å². The van der Waals surface area contributed by atoms with Crippen LogP contribution in [-0.4, -0.2) is 35.1 Å². The number of aryl methyl sites for hydroxylation is 1. The van der Waals surface area contributed by atoms with Crippen molar-refractivity contribution in [1.29, 1.82) is 0 Å². The largest absolute Gasteiger partial charge is 0.506 e. The second kappa shape index (κ2) is 5.37. The summed E-state index contributed by atoms with van der Waals surface area (Å²) in [7, 11) is -3.97. The van der Waals surface area contributed by atoms with Crippen molar-refractivity contribution in [2.24, 2.45) is 0 Å². The first kappa shape index (κ1) is 13.5. The van der Waals surface area contributed by atoms with Crippen LogP contribution in [0.2, 0.25) is 0 Å². The smallest absolute Gasteiger partial charge is 0.300 e. The van der Waals surface area contributed by atoms with Gasteiger partial charge < -0.3 is 5.11 Å². The van der Waals surface area contributed by atoms with Crippen LogP contribution in [0, 0.1) is 6.92 Å². The van der Waals surface area contributed by atoms with E-state index in [1.165, 1.54) is 23.0 Å². The number of rotatable bonds is 5. The van der Waals surface area contributed by atoms with E-state index < -0.39 is 10.1 Å². The maximum Gasteiger partial charge on any atom is 0.300 e. The maximum atomic E-state index is 11.9. The topological polar surface area (TPSA) is 94.3 Å². The van der Waals surface area contributed by atoms with E-state index in [0.29, 0.717) is 0 Å². The van der Waals surface area contributed by atoms with E-state index in [-0.39, 0.29) is 23.8 Å². The Morgan fingerprint density at radius 3 is 2.84 bits per heavy atom. The molecule has 2 rings (SSSR count). The molecule has 0 saturated heterocycles. The van der Waals surface area contributed by atoms with Crippen LogP contribution < -0.4 is 0 Å². The molecule has 0 unspecified atom stereocenters. The zero-order valence-corrected chi connectivity index (χ0v) is 11.0. The number of hydrogen-bond donors (Lipinski definition) is 1. The number of phenolic OH excluding ortho intramolecular Hbond substituents is 1. The van der Waals surface area contributed by atoms with Crippen molar-refractivity contribution < 1.29 is 17.7 Å². The molecule has 19 heavy (non-hydrogen) atoms. The standard InChI is InChI=1S/C11H13N3O4S/c1-9-2-3-11(10(15)8-9)19(16,17)18-7-6-14-5-4-12-13-14/h2-5,8,15H,6-7H2,1H3. The van der Waals surface area contributed by atoms with Gasteiger partial charge in [0.05, 0.1) is 19.3 Å². The van der Waals surface area contributed by atoms with Crippen molar-refractivity contribution >= 4 is 10.1 Å². The second-order valence-corrected chi connectivity index (χ2v) is 5.50. The first-order valence-electron chi connectivity index (χ1n) is 5.52. The summed E-state index contributed by atoms with van der Waals surface area (Å²) in [5, 5.41) is 16.9. The van der Waals surface area contributed by atoms with Crippen LogP contribution in [0.4, 0.5) is 0 Å². The first-order valence-corrected chi connectivity index (χ1v) is 6.93. The van der Waals surface area contributed by atoms with Crippen LogP contribution in [0.3, 0.4) is 0 Å². The Balaban J connectivity index is 2.05. The highest BCUT2D eigenvalue weighted by molar-refractivity contribution is 7.86. The maximum absolute atomic E-state index is 11.9. The third-order valence-corrected chi connectivity index (χ3v) is 3.78. The number of aromatic nitrogens is 3. The van der Waals surface area contributed by atoms with Gasteiger partial charge in [0.25, 0.3) is 0 Å². The predicted octanol–water partition coefficient (Wildman–Crippen LogP) is 0.698. The molecule has 0 aliphatic heterocycles. The molecule has 1 aromatic heterocycles. The van der Waals surface area contributed by atoms with Crippen LogP contribution in [0.15, 0.2) is 35.5 Å². The zero-order valence-electron chi connectivity index (χ0n) is 10.2. The summed E-state index contributed by atoms with van der Waals surface area (Å²) in [4.78, 5) is -0.239. The minimum atomic E-state index is -3.97.